The molecule has 2 aliphatic rings. The second-order valence-electron chi connectivity index (χ2n) is 19.8. The summed E-state index contributed by atoms with van der Waals surface area (Å²) in [4.78, 5) is 22.2. The Kier molecular flexibility index (Phi) is 16.2. The fourth-order valence-electron chi connectivity index (χ4n) is 8.56. The van der Waals surface area contributed by atoms with E-state index < -0.39 is 5.41 Å². The van der Waals surface area contributed by atoms with Crippen LogP contribution in [0.1, 0.15) is 139 Å². The summed E-state index contributed by atoms with van der Waals surface area (Å²) in [5, 5.41) is 32.0. The Balaban J connectivity index is 1.15. The van der Waals surface area contributed by atoms with Gasteiger partial charge in [-0.3, -0.25) is 20.6 Å². The van der Waals surface area contributed by atoms with Crippen LogP contribution in [0.5, 0.6) is 5.75 Å². The van der Waals surface area contributed by atoms with Crippen molar-refractivity contribution in [3.8, 4) is 5.75 Å². The average Bonchev–Trinajstić information content (AvgIpc) is 3.30. The highest BCUT2D eigenvalue weighted by atomic mass is 16.5. The van der Waals surface area contributed by atoms with Crippen LogP contribution in [0.25, 0.3) is 5.57 Å². The van der Waals surface area contributed by atoms with E-state index >= 15 is 0 Å². The maximum atomic E-state index is 12.6. The number of aryl methyl sites for hydroxylation is 1. The Bertz CT molecular complexity index is 2640. The number of nitrogens with zero attached hydrogens (tertiary/aromatic N) is 2. The minimum Gasteiger partial charge on any atom is -0.505 e. The molecule has 0 spiro atoms. The number of esters is 1. The molecule has 4 aromatic rings. The highest BCUT2D eigenvalue weighted by Gasteiger charge is 2.32. The molecule has 0 saturated heterocycles. The second-order valence-corrected chi connectivity index (χ2v) is 19.8. The molecule has 0 saturated carbocycles. The van der Waals surface area contributed by atoms with E-state index in [1.807, 2.05) is 75.4 Å². The van der Waals surface area contributed by atoms with Crippen LogP contribution in [0.2, 0.25) is 0 Å². The lowest BCUT2D eigenvalue weighted by atomic mass is 9.72. The van der Waals surface area contributed by atoms with Crippen LogP contribution in [-0.4, -0.2) is 47.2 Å². The van der Waals surface area contributed by atoms with E-state index in [0.717, 1.165) is 51.8 Å². The summed E-state index contributed by atoms with van der Waals surface area (Å²) in [6.07, 6.45) is 20.5. The van der Waals surface area contributed by atoms with Crippen molar-refractivity contribution in [3.63, 3.8) is 0 Å². The largest absolute Gasteiger partial charge is 0.505 e. The number of ether oxygens (including phenoxy) is 1. The Hall–Kier alpha value is -6.61. The summed E-state index contributed by atoms with van der Waals surface area (Å²) >= 11 is 0. The molecule has 0 aromatic heterocycles. The number of allylic oxidation sites excluding steroid dienone is 8. The third-order valence-corrected chi connectivity index (χ3v) is 13.0. The minimum absolute atomic E-state index is 0.146. The van der Waals surface area contributed by atoms with Crippen LogP contribution in [0.15, 0.2) is 131 Å². The number of rotatable bonds is 19. The van der Waals surface area contributed by atoms with E-state index in [0.29, 0.717) is 47.2 Å². The summed E-state index contributed by atoms with van der Waals surface area (Å²) in [6, 6.07) is 27.0. The number of hydrogen-bond donors (Lipinski definition) is 5. The van der Waals surface area contributed by atoms with E-state index in [1.165, 1.54) is 31.2 Å². The van der Waals surface area contributed by atoms with Crippen molar-refractivity contribution in [1.82, 2.24) is 0 Å². The number of carbonyl (C=O) groups is 1. The topological polar surface area (TPSA) is 157 Å². The molecule has 0 heterocycles. The lowest BCUT2D eigenvalue weighted by Crippen LogP contribution is -2.24. The predicted octanol–water partition coefficient (Wildman–Crippen LogP) is 13.5. The van der Waals surface area contributed by atoms with Crippen molar-refractivity contribution in [2.45, 2.75) is 123 Å². The molecule has 0 amide bonds. The highest BCUT2D eigenvalue weighted by Crippen LogP contribution is 2.44. The number of benzene rings is 4. The van der Waals surface area contributed by atoms with Crippen molar-refractivity contribution >= 4 is 51.5 Å². The number of nitrogens with one attached hydrogen (secondary N) is 3. The second kappa shape index (κ2) is 21.8. The number of aliphatic imine (C=N–C) groups is 2. The molecule has 9 heteroatoms. The third-order valence-electron chi connectivity index (χ3n) is 13.0. The van der Waals surface area contributed by atoms with Crippen LogP contribution in [-0.2, 0) is 32.2 Å². The number of aromatic hydroxyl groups is 1. The summed E-state index contributed by atoms with van der Waals surface area (Å²) < 4.78 is 5.52. The Morgan fingerprint density at radius 1 is 0.731 bits per heavy atom. The van der Waals surface area contributed by atoms with Crippen molar-refractivity contribution in [2.75, 3.05) is 24.3 Å². The molecule has 6 N–H and O–H groups in total. The van der Waals surface area contributed by atoms with Crippen LogP contribution in [0.4, 0.5) is 17.1 Å². The minimum atomic E-state index is -0.521. The number of hydrogen-bond acceptors (Lipinski definition) is 9. The number of phenols is 1. The van der Waals surface area contributed by atoms with Gasteiger partial charge in [-0.15, -0.1) is 0 Å². The molecular formula is C58H70N6O3. The standard InChI is InChI=1S/C58H70N6O3/c1-9-10-11-12-13-19-32-67-53(65)31-24-39-33-46(56(2,3)4)55(66)52(34-39)63-38-62-49-30-27-41(35-48(49)60)40-25-28-43(29-26-40)58(7,8)45-36-44(57(5,6)42-20-15-14-16-21-42)37-51(54(45)61)64-50-23-18-17-22-47(50)59/h14-18,20-23,25-30,33-37,59-60,63,66H,9-13,19,24,31-32,38,61H2,1-8H3/b59-47?,60-48?,62-49-,64-50-. The first-order valence-corrected chi connectivity index (χ1v) is 23.8. The first-order valence-electron chi connectivity index (χ1n) is 23.8. The maximum absolute atomic E-state index is 12.6. The average molecular weight is 899 g/mol. The fraction of sp³-hybridized carbons (Fsp3) is 0.362. The molecule has 0 unspecified atom stereocenters. The van der Waals surface area contributed by atoms with Gasteiger partial charge in [0.1, 0.15) is 12.4 Å². The van der Waals surface area contributed by atoms with Crippen molar-refractivity contribution in [2.24, 2.45) is 9.98 Å². The molecule has 0 aliphatic heterocycles. The molecule has 2 aliphatic carbocycles. The molecular weight excluding hydrogens is 829 g/mol. The first-order chi connectivity index (χ1) is 31.9. The van der Waals surface area contributed by atoms with Gasteiger partial charge in [-0.1, -0.05) is 172 Å². The van der Waals surface area contributed by atoms with Gasteiger partial charge in [-0.05, 0) is 93.6 Å². The monoisotopic (exact) mass is 899 g/mol. The van der Waals surface area contributed by atoms with Crippen molar-refractivity contribution in [3.05, 3.63) is 160 Å². The summed E-state index contributed by atoms with van der Waals surface area (Å²) in [6.45, 7) is 17.7. The summed E-state index contributed by atoms with van der Waals surface area (Å²) in [5.41, 5.74) is 17.1. The van der Waals surface area contributed by atoms with Gasteiger partial charge >= 0.3 is 5.97 Å². The van der Waals surface area contributed by atoms with E-state index in [4.69, 9.17) is 31.3 Å². The molecule has 350 valence electrons. The predicted molar refractivity (Wildman–Crippen MR) is 281 cm³/mol. The SMILES string of the molecule is CCCCCCCCOC(=O)CCc1cc(NC/N=C2/C=CC(c3ccc(C(C)(C)c4cc(C(C)(C)c5ccccc5)cc(/N=C5/C=CC=CC5=N)c4N)cc3)=CC2=N)c(O)c(C(C)(C)C)c1. The smallest absolute Gasteiger partial charge is 0.306 e. The van der Waals surface area contributed by atoms with Gasteiger partial charge in [-0.2, -0.15) is 0 Å². The number of anilines is 2. The number of unbranched alkanes of at least 4 members (excludes halogenated alkanes) is 5. The van der Waals surface area contributed by atoms with Crippen LogP contribution >= 0.6 is 0 Å². The van der Waals surface area contributed by atoms with E-state index in [9.17, 15) is 9.90 Å². The summed E-state index contributed by atoms with van der Waals surface area (Å²) in [7, 11) is 0. The number of phenolic OH excluding ortho intramolecular Hbond substituents is 1. The normalized spacial score (nSPS) is 15.4. The lowest BCUT2D eigenvalue weighted by molar-refractivity contribution is -0.143. The van der Waals surface area contributed by atoms with Gasteiger partial charge in [0.2, 0.25) is 0 Å². The molecule has 9 nitrogen and oxygen atoms in total. The van der Waals surface area contributed by atoms with Crippen molar-refractivity contribution < 1.29 is 14.6 Å². The zero-order valence-corrected chi connectivity index (χ0v) is 40.9. The fourth-order valence-corrected chi connectivity index (χ4v) is 8.56. The number of nitrogens with two attached hydrogens (primary N) is 1. The van der Waals surface area contributed by atoms with Gasteiger partial charge < -0.3 is 20.9 Å². The quantitative estimate of drug-likeness (QED) is 0.0208. The highest BCUT2D eigenvalue weighted by molar-refractivity contribution is 6.51. The van der Waals surface area contributed by atoms with Crippen LogP contribution < -0.4 is 11.1 Å². The Morgan fingerprint density at radius 2 is 1.42 bits per heavy atom. The van der Waals surface area contributed by atoms with Gasteiger partial charge in [0.25, 0.3) is 0 Å². The molecule has 0 atom stereocenters. The van der Waals surface area contributed by atoms with Crippen LogP contribution in [0.3, 0.4) is 0 Å². The third kappa shape index (κ3) is 12.4. The first kappa shape index (κ1) is 49.8. The lowest BCUT2D eigenvalue weighted by Gasteiger charge is -2.33. The maximum Gasteiger partial charge on any atom is 0.306 e. The zero-order valence-electron chi connectivity index (χ0n) is 40.9. The Morgan fingerprint density at radius 3 is 2.10 bits per heavy atom. The molecule has 6 rings (SSSR count). The molecule has 0 radical (unpaired) electrons. The number of carbonyl (C=O) groups excluding carboxylic acids is 1. The van der Waals surface area contributed by atoms with Crippen LogP contribution in [0, 0.1) is 10.8 Å². The van der Waals surface area contributed by atoms with Crippen molar-refractivity contribution in [1.29, 1.82) is 10.8 Å². The number of nitrogen functional groups attached to an aromatic ring is 1. The van der Waals surface area contributed by atoms with Gasteiger partial charge in [0.15, 0.2) is 0 Å². The molecule has 67 heavy (non-hydrogen) atoms. The zero-order chi connectivity index (χ0) is 48.4. The Labute approximate surface area is 398 Å². The van der Waals surface area contributed by atoms with Gasteiger partial charge in [0, 0.05) is 22.8 Å². The molecule has 0 bridgehead atoms. The molecule has 4 aromatic carbocycles. The van der Waals surface area contributed by atoms with E-state index in [1.54, 1.807) is 6.08 Å². The van der Waals surface area contributed by atoms with Gasteiger partial charge in [0.05, 0.1) is 46.5 Å². The summed E-state index contributed by atoms with van der Waals surface area (Å²) in [5.74, 6) is -0.0545. The molecule has 0 fully saturated rings. The van der Waals surface area contributed by atoms with E-state index in [-0.39, 0.29) is 41.3 Å². The van der Waals surface area contributed by atoms with Gasteiger partial charge in [-0.25, -0.2) is 4.99 Å². The van der Waals surface area contributed by atoms with E-state index in [2.05, 4.69) is 101 Å².